The molecule has 5 aliphatic carbocycles. The maximum Gasteiger partial charge on any atom is 0.417 e. The zero-order valence-electron chi connectivity index (χ0n) is 19.2. The first kappa shape index (κ1) is 24.7. The van der Waals surface area contributed by atoms with Gasteiger partial charge in [0.05, 0.1) is 16.2 Å². The predicted octanol–water partition coefficient (Wildman–Crippen LogP) is 4.68. The third kappa shape index (κ3) is 4.29. The largest absolute Gasteiger partial charge is 0.417 e. The molecule has 5 aliphatic rings. The molecule has 4 bridgehead atoms. The van der Waals surface area contributed by atoms with Crippen LogP contribution < -0.4 is 5.73 Å². The standard InChI is InChI=1S/C25H29F4NO4S/c26-17-1-2-20(19(9-17)25(27,28)29)35(33,34)6-5-23(3-4-23)21(31)10-18-15-7-14-8-16(18)13-24(11-14,12-15)22(30)32/h1-2,9,14-16,18H,3-8,10-13H2,(H2,30,32). The van der Waals surface area contributed by atoms with Crippen LogP contribution in [-0.2, 0) is 25.6 Å². The van der Waals surface area contributed by atoms with Gasteiger partial charge in [0.15, 0.2) is 9.84 Å². The molecule has 5 saturated carbocycles. The average molecular weight is 516 g/mol. The molecule has 2 unspecified atom stereocenters. The second kappa shape index (κ2) is 8.02. The van der Waals surface area contributed by atoms with Gasteiger partial charge in [-0.25, -0.2) is 12.8 Å². The van der Waals surface area contributed by atoms with Crippen LogP contribution in [-0.4, -0.2) is 25.9 Å². The van der Waals surface area contributed by atoms with Crippen molar-refractivity contribution in [3.8, 4) is 0 Å². The van der Waals surface area contributed by atoms with Gasteiger partial charge in [-0.1, -0.05) is 0 Å². The fraction of sp³-hybridized carbons (Fsp3) is 0.680. The number of rotatable bonds is 8. The third-order valence-electron chi connectivity index (χ3n) is 9.29. The van der Waals surface area contributed by atoms with E-state index < -0.39 is 48.9 Å². The van der Waals surface area contributed by atoms with E-state index in [4.69, 9.17) is 5.73 Å². The Hall–Kier alpha value is -1.97. The smallest absolute Gasteiger partial charge is 0.369 e. The number of ketones is 1. The molecule has 2 atom stereocenters. The van der Waals surface area contributed by atoms with Crippen molar-refractivity contribution < 1.29 is 35.6 Å². The fourth-order valence-electron chi connectivity index (χ4n) is 7.45. The molecule has 192 valence electrons. The summed E-state index contributed by atoms with van der Waals surface area (Å²) >= 11 is 0. The van der Waals surface area contributed by atoms with E-state index in [-0.39, 0.29) is 41.9 Å². The molecule has 0 aliphatic heterocycles. The van der Waals surface area contributed by atoms with Crippen molar-refractivity contribution in [3.63, 3.8) is 0 Å². The van der Waals surface area contributed by atoms with Gasteiger partial charge in [-0.3, -0.25) is 9.59 Å². The second-order valence-electron chi connectivity index (χ2n) is 11.4. The summed E-state index contributed by atoms with van der Waals surface area (Å²) in [6.45, 7) is 0. The van der Waals surface area contributed by atoms with E-state index in [0.29, 0.717) is 50.2 Å². The molecular formula is C25H29F4NO4S. The number of hydrogen-bond donors (Lipinski definition) is 1. The van der Waals surface area contributed by atoms with Crippen LogP contribution in [0.2, 0.25) is 0 Å². The predicted molar refractivity (Wildman–Crippen MR) is 118 cm³/mol. The number of primary amides is 1. The van der Waals surface area contributed by atoms with Crippen LogP contribution in [0.25, 0.3) is 0 Å². The molecule has 0 saturated heterocycles. The molecular weight excluding hydrogens is 486 g/mol. The number of sulfone groups is 1. The van der Waals surface area contributed by atoms with Crippen molar-refractivity contribution in [2.75, 3.05) is 5.75 Å². The number of amides is 1. The first-order valence-electron chi connectivity index (χ1n) is 12.2. The fourth-order valence-corrected chi connectivity index (χ4v) is 9.11. The summed E-state index contributed by atoms with van der Waals surface area (Å²) in [6, 6.07) is 1.54. The van der Waals surface area contributed by atoms with E-state index in [1.54, 1.807) is 0 Å². The summed E-state index contributed by atoms with van der Waals surface area (Å²) in [4.78, 5) is 24.5. The van der Waals surface area contributed by atoms with Crippen molar-refractivity contribution >= 4 is 21.5 Å². The van der Waals surface area contributed by atoms with Crippen LogP contribution >= 0.6 is 0 Å². The van der Waals surface area contributed by atoms with Gasteiger partial charge in [-0.2, -0.15) is 13.2 Å². The minimum atomic E-state index is -5.01. The highest BCUT2D eigenvalue weighted by atomic mass is 32.2. The molecule has 35 heavy (non-hydrogen) atoms. The quantitative estimate of drug-likeness (QED) is 0.402. The Morgan fingerprint density at radius 2 is 1.69 bits per heavy atom. The van der Waals surface area contributed by atoms with E-state index in [9.17, 15) is 35.6 Å². The molecule has 5 nitrogen and oxygen atoms in total. The molecule has 1 aromatic rings. The number of Topliss-reactive ketones (excluding diaryl/α,β-unsaturated/α-hetero) is 1. The van der Waals surface area contributed by atoms with Gasteiger partial charge in [0.1, 0.15) is 11.6 Å². The summed E-state index contributed by atoms with van der Waals surface area (Å²) in [6.07, 6.45) is 0.518. The maximum absolute atomic E-state index is 13.4. The minimum absolute atomic E-state index is 0.0200. The minimum Gasteiger partial charge on any atom is -0.369 e. The van der Waals surface area contributed by atoms with E-state index in [1.807, 2.05) is 0 Å². The highest BCUT2D eigenvalue weighted by molar-refractivity contribution is 7.91. The van der Waals surface area contributed by atoms with Crippen molar-refractivity contribution in [3.05, 3.63) is 29.6 Å². The molecule has 5 fully saturated rings. The summed E-state index contributed by atoms with van der Waals surface area (Å²) in [5.41, 5.74) is 2.95. The lowest BCUT2D eigenvalue weighted by Crippen LogP contribution is -2.56. The second-order valence-corrected chi connectivity index (χ2v) is 13.5. The van der Waals surface area contributed by atoms with Crippen LogP contribution in [0.4, 0.5) is 17.6 Å². The summed E-state index contributed by atoms with van der Waals surface area (Å²) in [7, 11) is -4.38. The van der Waals surface area contributed by atoms with Gasteiger partial charge < -0.3 is 5.73 Å². The molecule has 0 spiro atoms. The normalized spacial score (nSPS) is 33.0. The SMILES string of the molecule is NC(=O)C12CC3CC(C1)C(CC(=O)C1(CCS(=O)(=O)c4ccc(F)cc4C(F)(F)F)CC1)C(C3)C2. The maximum atomic E-state index is 13.4. The lowest BCUT2D eigenvalue weighted by atomic mass is 9.45. The Bertz CT molecular complexity index is 1160. The Kier molecular flexibility index (Phi) is 5.66. The number of carbonyl (C=O) groups is 2. The van der Waals surface area contributed by atoms with Gasteiger partial charge >= 0.3 is 6.18 Å². The van der Waals surface area contributed by atoms with Gasteiger partial charge in [-0.05, 0) is 93.2 Å². The van der Waals surface area contributed by atoms with Gasteiger partial charge in [0.2, 0.25) is 5.91 Å². The number of nitrogens with two attached hydrogens (primary N) is 1. The first-order chi connectivity index (χ1) is 16.2. The number of halogens is 4. The number of alkyl halides is 3. The molecule has 10 heteroatoms. The molecule has 1 amide bonds. The van der Waals surface area contributed by atoms with E-state index in [1.165, 1.54) is 0 Å². The third-order valence-corrected chi connectivity index (χ3v) is 11.1. The number of benzene rings is 1. The summed E-state index contributed by atoms with van der Waals surface area (Å²) in [5.74, 6) is -0.911. The van der Waals surface area contributed by atoms with Gasteiger partial charge in [0, 0.05) is 17.3 Å². The van der Waals surface area contributed by atoms with Crippen molar-refractivity contribution in [1.29, 1.82) is 0 Å². The van der Waals surface area contributed by atoms with Crippen molar-refractivity contribution in [1.82, 2.24) is 0 Å². The molecule has 0 heterocycles. The molecule has 0 aromatic heterocycles. The van der Waals surface area contributed by atoms with E-state index in [2.05, 4.69) is 0 Å². The lowest BCUT2D eigenvalue weighted by molar-refractivity contribution is -0.152. The molecule has 2 N–H and O–H groups in total. The Morgan fingerprint density at radius 3 is 2.23 bits per heavy atom. The van der Waals surface area contributed by atoms with E-state index >= 15 is 0 Å². The zero-order valence-corrected chi connectivity index (χ0v) is 20.1. The first-order valence-corrected chi connectivity index (χ1v) is 13.8. The molecule has 0 radical (unpaired) electrons. The van der Waals surface area contributed by atoms with Crippen molar-refractivity contribution in [2.24, 2.45) is 40.2 Å². The lowest BCUT2D eigenvalue weighted by Gasteiger charge is -2.59. The average Bonchev–Trinajstić information content (AvgIpc) is 3.55. The Labute approximate surface area is 201 Å². The Balaban J connectivity index is 1.28. The zero-order chi connectivity index (χ0) is 25.4. The monoisotopic (exact) mass is 515 g/mol. The number of hydrogen-bond acceptors (Lipinski definition) is 4. The molecule has 1 aromatic carbocycles. The van der Waals surface area contributed by atoms with Gasteiger partial charge in [0.25, 0.3) is 0 Å². The van der Waals surface area contributed by atoms with Gasteiger partial charge in [-0.15, -0.1) is 0 Å². The molecule has 6 rings (SSSR count). The van der Waals surface area contributed by atoms with Crippen LogP contribution in [0, 0.1) is 40.3 Å². The Morgan fingerprint density at radius 1 is 1.06 bits per heavy atom. The van der Waals surface area contributed by atoms with Crippen LogP contribution in [0.15, 0.2) is 23.1 Å². The van der Waals surface area contributed by atoms with E-state index in [0.717, 1.165) is 19.3 Å². The highest BCUT2D eigenvalue weighted by Gasteiger charge is 2.59. The van der Waals surface area contributed by atoms with Crippen molar-refractivity contribution in [2.45, 2.75) is 68.9 Å². The highest BCUT2D eigenvalue weighted by Crippen LogP contribution is 2.63. The van der Waals surface area contributed by atoms with Crippen LogP contribution in [0.1, 0.15) is 63.4 Å². The number of carbonyl (C=O) groups excluding carboxylic acids is 2. The van der Waals surface area contributed by atoms with Crippen LogP contribution in [0.3, 0.4) is 0 Å². The summed E-state index contributed by atoms with van der Waals surface area (Å²) in [5, 5.41) is 0. The topological polar surface area (TPSA) is 94.3 Å². The summed E-state index contributed by atoms with van der Waals surface area (Å²) < 4.78 is 79.1. The van der Waals surface area contributed by atoms with Crippen LogP contribution in [0.5, 0.6) is 0 Å².